The molecule has 2 heteroatoms. The molecule has 0 bridgehead atoms. The van der Waals surface area contributed by atoms with Crippen molar-refractivity contribution >= 4 is 11.6 Å². The summed E-state index contributed by atoms with van der Waals surface area (Å²) < 4.78 is 0. The van der Waals surface area contributed by atoms with Crippen LogP contribution < -0.4 is 0 Å². The van der Waals surface area contributed by atoms with Crippen molar-refractivity contribution in [3.05, 3.63) is 36.0 Å². The normalized spacial score (nSPS) is 9.80. The summed E-state index contributed by atoms with van der Waals surface area (Å²) in [7, 11) is 0. The highest BCUT2D eigenvalue weighted by Gasteiger charge is 1.96. The first-order valence-corrected chi connectivity index (χ1v) is 3.61. The lowest BCUT2D eigenvalue weighted by Gasteiger charge is -1.97. The van der Waals surface area contributed by atoms with Gasteiger partial charge in [-0.1, -0.05) is 18.5 Å². The van der Waals surface area contributed by atoms with E-state index in [0.29, 0.717) is 0 Å². The number of aromatic nitrogens is 1. The summed E-state index contributed by atoms with van der Waals surface area (Å²) in [5, 5.41) is 0.742. The van der Waals surface area contributed by atoms with Crippen molar-refractivity contribution in [2.45, 2.75) is 12.8 Å². The minimum Gasteiger partial charge on any atom is -0.260 e. The zero-order chi connectivity index (χ0) is 7.40. The van der Waals surface area contributed by atoms with E-state index in [1.165, 1.54) is 0 Å². The van der Waals surface area contributed by atoms with Gasteiger partial charge in [-0.3, -0.25) is 4.98 Å². The van der Waals surface area contributed by atoms with Crippen molar-refractivity contribution in [2.75, 3.05) is 0 Å². The molecule has 53 valence electrons. The van der Waals surface area contributed by atoms with Crippen LogP contribution in [0.25, 0.3) is 0 Å². The van der Waals surface area contributed by atoms with Crippen LogP contribution >= 0.6 is 11.6 Å². The van der Waals surface area contributed by atoms with E-state index < -0.39 is 0 Å². The number of hydrogen-bond acceptors (Lipinski definition) is 1. The largest absolute Gasteiger partial charge is 0.260 e. The number of pyridine rings is 1. The molecule has 0 amide bonds. The van der Waals surface area contributed by atoms with E-state index in [4.69, 9.17) is 11.6 Å². The molecular formula is C8H9ClN. The van der Waals surface area contributed by atoms with Gasteiger partial charge in [0, 0.05) is 6.20 Å². The summed E-state index contributed by atoms with van der Waals surface area (Å²) in [4.78, 5) is 4.10. The second kappa shape index (κ2) is 3.57. The van der Waals surface area contributed by atoms with Gasteiger partial charge >= 0.3 is 0 Å². The van der Waals surface area contributed by atoms with Gasteiger partial charge in [-0.05, 0) is 25.0 Å². The molecule has 10 heavy (non-hydrogen) atoms. The van der Waals surface area contributed by atoms with Gasteiger partial charge in [-0.15, -0.1) is 0 Å². The van der Waals surface area contributed by atoms with Crippen LogP contribution in [0, 0.1) is 6.92 Å². The quantitative estimate of drug-likeness (QED) is 0.638. The maximum atomic E-state index is 5.81. The summed E-state index contributed by atoms with van der Waals surface area (Å²) in [6.45, 7) is 3.72. The molecule has 1 heterocycles. The van der Waals surface area contributed by atoms with E-state index in [-0.39, 0.29) is 0 Å². The maximum absolute atomic E-state index is 5.81. The van der Waals surface area contributed by atoms with Gasteiger partial charge in [0.1, 0.15) is 0 Å². The molecule has 0 aliphatic heterocycles. The Morgan fingerprint density at radius 2 is 2.40 bits per heavy atom. The monoisotopic (exact) mass is 154 g/mol. The fourth-order valence-corrected chi connectivity index (χ4v) is 0.986. The second-order valence-electron chi connectivity index (χ2n) is 2.04. The Hall–Kier alpha value is -0.560. The lowest BCUT2D eigenvalue weighted by atomic mass is 10.2. The highest BCUT2D eigenvalue weighted by molar-refractivity contribution is 6.31. The fourth-order valence-electron chi connectivity index (χ4n) is 0.770. The molecule has 0 spiro atoms. The molecule has 1 rings (SSSR count). The third kappa shape index (κ3) is 1.71. The van der Waals surface area contributed by atoms with Gasteiger partial charge in [0.25, 0.3) is 0 Å². The van der Waals surface area contributed by atoms with E-state index in [1.807, 2.05) is 12.1 Å². The van der Waals surface area contributed by atoms with Crippen molar-refractivity contribution in [1.82, 2.24) is 4.98 Å². The van der Waals surface area contributed by atoms with E-state index >= 15 is 0 Å². The fraction of sp³-hybridized carbons (Fsp3) is 0.250. The molecule has 1 aromatic rings. The van der Waals surface area contributed by atoms with Gasteiger partial charge < -0.3 is 0 Å². The minimum absolute atomic E-state index is 0.742. The summed E-state index contributed by atoms with van der Waals surface area (Å²) >= 11 is 5.81. The van der Waals surface area contributed by atoms with Gasteiger partial charge in [0.15, 0.2) is 0 Å². The average molecular weight is 155 g/mol. The first-order chi connectivity index (χ1) is 4.84. The van der Waals surface area contributed by atoms with E-state index in [1.54, 1.807) is 6.20 Å². The summed E-state index contributed by atoms with van der Waals surface area (Å²) in [5.41, 5.74) is 0.944. The number of aryl methyl sites for hydroxylation is 1. The molecule has 0 N–H and O–H groups in total. The minimum atomic E-state index is 0.742. The Kier molecular flexibility index (Phi) is 2.69. The molecule has 0 saturated carbocycles. The number of nitrogens with zero attached hydrogens (tertiary/aromatic N) is 1. The number of hydrogen-bond donors (Lipinski definition) is 0. The maximum Gasteiger partial charge on any atom is 0.0621 e. The predicted molar refractivity (Wildman–Crippen MR) is 42.9 cm³/mol. The first kappa shape index (κ1) is 7.55. The average Bonchev–Trinajstić information content (AvgIpc) is 1.94. The highest BCUT2D eigenvalue weighted by Crippen LogP contribution is 2.12. The topological polar surface area (TPSA) is 12.9 Å². The molecule has 0 atom stereocenters. The smallest absolute Gasteiger partial charge is 0.0621 e. The van der Waals surface area contributed by atoms with E-state index in [2.05, 4.69) is 11.9 Å². The third-order valence-corrected chi connectivity index (χ3v) is 1.59. The molecule has 0 unspecified atom stereocenters. The summed E-state index contributed by atoms with van der Waals surface area (Å²) in [6, 6.07) is 3.68. The van der Waals surface area contributed by atoms with Gasteiger partial charge in [0.05, 0.1) is 10.7 Å². The summed E-state index contributed by atoms with van der Waals surface area (Å²) in [5.74, 6) is 0. The van der Waals surface area contributed by atoms with Gasteiger partial charge in [-0.25, -0.2) is 0 Å². The van der Waals surface area contributed by atoms with Crippen molar-refractivity contribution in [1.29, 1.82) is 0 Å². The van der Waals surface area contributed by atoms with Gasteiger partial charge in [-0.2, -0.15) is 0 Å². The molecule has 0 aliphatic carbocycles. The molecule has 0 aliphatic rings. The second-order valence-corrected chi connectivity index (χ2v) is 2.44. The van der Waals surface area contributed by atoms with Crippen LogP contribution in [0.4, 0.5) is 0 Å². The molecular weight excluding hydrogens is 146 g/mol. The zero-order valence-electron chi connectivity index (χ0n) is 5.68. The molecule has 1 aromatic heterocycles. The van der Waals surface area contributed by atoms with Crippen molar-refractivity contribution in [3.63, 3.8) is 0 Å². The Bertz CT molecular complexity index is 210. The Balaban J connectivity index is 2.81. The Labute approximate surface area is 66.0 Å². The van der Waals surface area contributed by atoms with Crippen LogP contribution in [0.1, 0.15) is 12.1 Å². The Morgan fingerprint density at radius 3 is 3.00 bits per heavy atom. The van der Waals surface area contributed by atoms with Crippen LogP contribution in [0.5, 0.6) is 0 Å². The van der Waals surface area contributed by atoms with E-state index in [9.17, 15) is 0 Å². The van der Waals surface area contributed by atoms with Crippen LogP contribution in [0.2, 0.25) is 5.02 Å². The number of halogens is 1. The standard InChI is InChI=1S/C8H9ClN/c1-2-4-8-7(9)5-3-6-10-8/h3,5-6H,1-2,4H2. The summed E-state index contributed by atoms with van der Waals surface area (Å²) in [6.07, 6.45) is 3.45. The Morgan fingerprint density at radius 1 is 1.60 bits per heavy atom. The zero-order valence-corrected chi connectivity index (χ0v) is 6.43. The van der Waals surface area contributed by atoms with Crippen LogP contribution in [-0.2, 0) is 6.42 Å². The lowest BCUT2D eigenvalue weighted by Crippen LogP contribution is -1.88. The molecule has 1 radical (unpaired) electrons. The number of rotatable bonds is 2. The molecule has 0 fully saturated rings. The molecule has 1 nitrogen and oxygen atoms in total. The molecule has 0 saturated heterocycles. The van der Waals surface area contributed by atoms with Crippen molar-refractivity contribution in [3.8, 4) is 0 Å². The van der Waals surface area contributed by atoms with Crippen LogP contribution in [0.3, 0.4) is 0 Å². The molecule has 0 aromatic carbocycles. The lowest BCUT2D eigenvalue weighted by molar-refractivity contribution is 0.942. The highest BCUT2D eigenvalue weighted by atomic mass is 35.5. The third-order valence-electron chi connectivity index (χ3n) is 1.25. The predicted octanol–water partition coefficient (Wildman–Crippen LogP) is 2.50. The van der Waals surface area contributed by atoms with Crippen molar-refractivity contribution in [2.24, 2.45) is 0 Å². The first-order valence-electron chi connectivity index (χ1n) is 3.23. The van der Waals surface area contributed by atoms with E-state index in [0.717, 1.165) is 23.6 Å². The van der Waals surface area contributed by atoms with Gasteiger partial charge in [0.2, 0.25) is 0 Å². The van der Waals surface area contributed by atoms with Crippen LogP contribution in [0.15, 0.2) is 18.3 Å². The SMILES string of the molecule is [CH2]CCc1ncccc1Cl. The van der Waals surface area contributed by atoms with Crippen molar-refractivity contribution < 1.29 is 0 Å². The van der Waals surface area contributed by atoms with Crippen LogP contribution in [-0.4, -0.2) is 4.98 Å².